The highest BCUT2D eigenvalue weighted by atomic mass is 32.1. The van der Waals surface area contributed by atoms with E-state index < -0.39 is 0 Å². The van der Waals surface area contributed by atoms with Crippen LogP contribution in [0.1, 0.15) is 52.7 Å². The Morgan fingerprint density at radius 1 is 0.608 bits per heavy atom. The molecule has 0 fully saturated rings. The Labute approximate surface area is 301 Å². The van der Waals surface area contributed by atoms with Crippen molar-refractivity contribution in [3.63, 3.8) is 0 Å². The summed E-state index contributed by atoms with van der Waals surface area (Å²) in [4.78, 5) is 2.57. The maximum absolute atomic E-state index is 6.73. The number of fused-ring (bicyclic) bond motifs is 13. The summed E-state index contributed by atoms with van der Waals surface area (Å²) in [5.41, 5.74) is 14.9. The van der Waals surface area contributed by atoms with E-state index in [1.165, 1.54) is 92.2 Å². The molecule has 0 bridgehead atoms. The molecule has 5 heterocycles. The van der Waals surface area contributed by atoms with E-state index in [-0.39, 0.29) is 17.5 Å². The lowest BCUT2D eigenvalue weighted by atomic mass is 9.36. The average Bonchev–Trinajstić information content (AvgIpc) is 3.79. The predicted molar refractivity (Wildman–Crippen MR) is 220 cm³/mol. The number of nitrogens with zero attached hydrogens (tertiary/aromatic N) is 2. The zero-order chi connectivity index (χ0) is 34.6. The summed E-state index contributed by atoms with van der Waals surface area (Å²) in [6.45, 7) is 13.9. The van der Waals surface area contributed by atoms with Gasteiger partial charge in [-0.3, -0.25) is 0 Å². The minimum atomic E-state index is 0.0339. The van der Waals surface area contributed by atoms with Gasteiger partial charge in [-0.1, -0.05) is 102 Å². The average molecular weight is 677 g/mol. The van der Waals surface area contributed by atoms with Crippen LogP contribution in [0, 0.1) is 0 Å². The number of hydrogen-bond acceptors (Lipinski definition) is 3. The third kappa shape index (κ3) is 3.85. The van der Waals surface area contributed by atoms with Crippen molar-refractivity contribution in [1.29, 1.82) is 0 Å². The molecular weight excluding hydrogens is 639 g/mol. The molecule has 51 heavy (non-hydrogen) atoms. The van der Waals surface area contributed by atoms with Gasteiger partial charge in [-0.05, 0) is 87.5 Å². The highest BCUT2D eigenvalue weighted by Crippen LogP contribution is 2.48. The molecule has 0 spiro atoms. The molecule has 0 radical (unpaired) electrons. The van der Waals surface area contributed by atoms with Crippen molar-refractivity contribution >= 4 is 105 Å². The van der Waals surface area contributed by atoms with Crippen LogP contribution >= 0.6 is 11.3 Å². The Kier molecular flexibility index (Phi) is 5.63. The third-order valence-electron chi connectivity index (χ3n) is 11.5. The lowest BCUT2D eigenvalue weighted by molar-refractivity contribution is 0.590. The van der Waals surface area contributed by atoms with Gasteiger partial charge in [0.25, 0.3) is 6.71 Å². The Bertz CT molecular complexity index is 2950. The van der Waals surface area contributed by atoms with Gasteiger partial charge >= 0.3 is 0 Å². The van der Waals surface area contributed by atoms with Crippen LogP contribution in [0.4, 0.5) is 17.1 Å². The van der Waals surface area contributed by atoms with Crippen LogP contribution in [-0.2, 0) is 10.8 Å². The molecular formula is C46H37BN2OS. The van der Waals surface area contributed by atoms with Crippen LogP contribution in [-0.4, -0.2) is 11.3 Å². The van der Waals surface area contributed by atoms with Crippen LogP contribution in [0.5, 0.6) is 0 Å². The molecule has 3 nitrogen and oxygen atoms in total. The van der Waals surface area contributed by atoms with E-state index in [0.717, 1.165) is 11.2 Å². The Balaban J connectivity index is 1.31. The summed E-state index contributed by atoms with van der Waals surface area (Å²) in [5.74, 6) is 0. The fraction of sp³-hybridized carbons (Fsp3) is 0.174. The standard InChI is InChI=1S/C46H37BN2OS/c1-45(2,3)26-18-21-28(22-19-26)48-34-15-11-16-35-41(34)47(44-42(48)31-24-27(46(4,5)6)20-23-38(31)51-44)32-25-37-39(30-13-8-10-17-36(30)50-37)40-29-12-7-9-14-33(29)49(35)43(32)40/h7-25H,1-6H3. The highest BCUT2D eigenvalue weighted by molar-refractivity contribution is 7.33. The molecule has 6 aromatic carbocycles. The maximum atomic E-state index is 6.73. The van der Waals surface area contributed by atoms with E-state index in [1.54, 1.807) is 0 Å². The number of aromatic nitrogens is 1. The van der Waals surface area contributed by atoms with E-state index in [9.17, 15) is 0 Å². The third-order valence-corrected chi connectivity index (χ3v) is 12.7. The van der Waals surface area contributed by atoms with Crippen molar-refractivity contribution in [3.8, 4) is 5.69 Å². The van der Waals surface area contributed by atoms with Gasteiger partial charge in [0.15, 0.2) is 0 Å². The monoisotopic (exact) mass is 676 g/mol. The van der Waals surface area contributed by atoms with E-state index in [2.05, 4.69) is 166 Å². The molecule has 0 aliphatic carbocycles. The Morgan fingerprint density at radius 3 is 2.10 bits per heavy atom. The van der Waals surface area contributed by atoms with Crippen molar-refractivity contribution in [3.05, 3.63) is 126 Å². The van der Waals surface area contributed by atoms with E-state index in [0.29, 0.717) is 0 Å². The van der Waals surface area contributed by atoms with Crippen molar-refractivity contribution in [2.45, 2.75) is 52.4 Å². The molecule has 246 valence electrons. The van der Waals surface area contributed by atoms with E-state index >= 15 is 0 Å². The molecule has 2 aliphatic heterocycles. The SMILES string of the molecule is CC(C)(C)c1ccc(N2c3cccc4c3B(c3sc5ccc(C(C)(C)C)cc5c32)c2cc3oc5ccccc5c3c3c5ccccc5n-4c23)cc1. The first kappa shape index (κ1) is 29.5. The number of rotatable bonds is 1. The molecule has 0 unspecified atom stereocenters. The first-order valence-corrected chi connectivity index (χ1v) is 18.9. The van der Waals surface area contributed by atoms with Crippen LogP contribution in [0.2, 0.25) is 0 Å². The van der Waals surface area contributed by atoms with Gasteiger partial charge in [-0.25, -0.2) is 0 Å². The van der Waals surface area contributed by atoms with Gasteiger partial charge in [-0.15, -0.1) is 11.3 Å². The first-order chi connectivity index (χ1) is 24.6. The normalized spacial score (nSPS) is 14.0. The summed E-state index contributed by atoms with van der Waals surface area (Å²) < 4.78 is 12.0. The second kappa shape index (κ2) is 9.74. The molecule has 0 amide bonds. The lowest BCUT2D eigenvalue weighted by Crippen LogP contribution is -2.59. The second-order valence-electron chi connectivity index (χ2n) is 16.6. The van der Waals surface area contributed by atoms with Crippen LogP contribution in [0.3, 0.4) is 0 Å². The molecule has 0 saturated carbocycles. The van der Waals surface area contributed by atoms with E-state index in [4.69, 9.17) is 4.42 Å². The second-order valence-corrected chi connectivity index (χ2v) is 17.6. The summed E-state index contributed by atoms with van der Waals surface area (Å²) in [5, 5.41) is 6.26. The zero-order valence-corrected chi connectivity index (χ0v) is 30.6. The predicted octanol–water partition coefficient (Wildman–Crippen LogP) is 11.1. The zero-order valence-electron chi connectivity index (χ0n) is 29.8. The number of para-hydroxylation sites is 2. The Hall–Kier alpha value is -5.26. The molecule has 11 rings (SSSR count). The minimum absolute atomic E-state index is 0.0339. The van der Waals surface area contributed by atoms with Crippen molar-refractivity contribution in [1.82, 2.24) is 4.57 Å². The maximum Gasteiger partial charge on any atom is 0.264 e. The van der Waals surface area contributed by atoms with Gasteiger partial charge in [-0.2, -0.15) is 0 Å². The van der Waals surface area contributed by atoms with Crippen molar-refractivity contribution < 1.29 is 4.42 Å². The molecule has 0 atom stereocenters. The molecule has 5 heteroatoms. The molecule has 0 N–H and O–H groups in total. The topological polar surface area (TPSA) is 21.3 Å². The number of furan rings is 1. The van der Waals surface area contributed by atoms with Crippen LogP contribution in [0.25, 0.3) is 59.5 Å². The number of anilines is 3. The van der Waals surface area contributed by atoms with Crippen LogP contribution in [0.15, 0.2) is 120 Å². The Morgan fingerprint density at radius 2 is 1.31 bits per heavy atom. The van der Waals surface area contributed by atoms with Gasteiger partial charge < -0.3 is 13.9 Å². The number of hydrogen-bond donors (Lipinski definition) is 0. The number of benzene rings is 6. The summed E-state index contributed by atoms with van der Waals surface area (Å²) in [6.07, 6.45) is 0. The molecule has 3 aromatic heterocycles. The van der Waals surface area contributed by atoms with Gasteiger partial charge in [0.2, 0.25) is 0 Å². The van der Waals surface area contributed by atoms with Gasteiger partial charge in [0.1, 0.15) is 11.2 Å². The quantitative estimate of drug-likeness (QED) is 0.161. The lowest BCUT2D eigenvalue weighted by Gasteiger charge is -2.39. The molecule has 9 aromatic rings. The largest absolute Gasteiger partial charge is 0.456 e. The number of thiophene rings is 1. The minimum Gasteiger partial charge on any atom is -0.456 e. The van der Waals surface area contributed by atoms with Crippen molar-refractivity contribution in [2.75, 3.05) is 4.90 Å². The molecule has 2 aliphatic rings. The van der Waals surface area contributed by atoms with Gasteiger partial charge in [0, 0.05) is 53.5 Å². The fourth-order valence-electron chi connectivity index (χ4n) is 9.02. The summed E-state index contributed by atoms with van der Waals surface area (Å²) in [7, 11) is 0. The smallest absolute Gasteiger partial charge is 0.264 e. The molecule has 0 saturated heterocycles. The van der Waals surface area contributed by atoms with Crippen molar-refractivity contribution in [2.24, 2.45) is 0 Å². The first-order valence-electron chi connectivity index (χ1n) is 18.1. The fourth-order valence-corrected chi connectivity index (χ4v) is 10.3. The van der Waals surface area contributed by atoms with E-state index in [1.807, 2.05) is 11.3 Å². The summed E-state index contributed by atoms with van der Waals surface area (Å²) in [6, 6.07) is 43.3. The van der Waals surface area contributed by atoms with Gasteiger partial charge in [0.05, 0.1) is 16.7 Å². The highest BCUT2D eigenvalue weighted by Gasteiger charge is 2.44. The summed E-state index contributed by atoms with van der Waals surface area (Å²) >= 11 is 1.96. The van der Waals surface area contributed by atoms with Crippen LogP contribution < -0.4 is 20.6 Å².